The van der Waals surface area contributed by atoms with E-state index in [1.54, 1.807) is 11.0 Å². The van der Waals surface area contributed by atoms with E-state index in [0.717, 1.165) is 6.07 Å². The molecule has 3 N–H and O–H groups in total. The van der Waals surface area contributed by atoms with Crippen molar-refractivity contribution in [2.45, 2.75) is 6.04 Å². The summed E-state index contributed by atoms with van der Waals surface area (Å²) in [5, 5.41) is 10.1. The monoisotopic (exact) mass is 305 g/mol. The molecule has 0 saturated carbocycles. The molecule has 6 heteroatoms. The summed E-state index contributed by atoms with van der Waals surface area (Å²) >= 11 is 6.21. The molecule has 0 saturated heterocycles. The molecule has 0 bridgehead atoms. The minimum absolute atomic E-state index is 0.130. The molecule has 1 heterocycles. The molecule has 21 heavy (non-hydrogen) atoms. The number of phenolic OH excluding ortho intramolecular Hbond substituents is 1. The normalized spacial score (nSPS) is 17.9. The Morgan fingerprint density at radius 2 is 2.05 bits per heavy atom. The van der Waals surface area contributed by atoms with E-state index in [9.17, 15) is 9.50 Å². The van der Waals surface area contributed by atoms with Crippen molar-refractivity contribution >= 4 is 23.2 Å². The highest BCUT2D eigenvalue weighted by Crippen LogP contribution is 2.36. The predicted octanol–water partition coefficient (Wildman–Crippen LogP) is 3.06. The van der Waals surface area contributed by atoms with Crippen LogP contribution in [0.5, 0.6) is 5.75 Å². The minimum Gasteiger partial charge on any atom is -0.508 e. The number of rotatable bonds is 2. The van der Waals surface area contributed by atoms with E-state index in [4.69, 9.17) is 17.3 Å². The fraction of sp³-hybridized carbons (Fsp3) is 0.133. The first kappa shape index (κ1) is 13.7. The van der Waals surface area contributed by atoms with Crippen molar-refractivity contribution < 1.29 is 9.50 Å². The van der Waals surface area contributed by atoms with Gasteiger partial charge in [-0.15, -0.1) is 0 Å². The number of aliphatic imine (C=N–C) groups is 1. The van der Waals surface area contributed by atoms with Crippen LogP contribution in [0.1, 0.15) is 11.6 Å². The first-order valence-corrected chi connectivity index (χ1v) is 6.77. The van der Waals surface area contributed by atoms with Gasteiger partial charge < -0.3 is 15.7 Å². The number of benzene rings is 2. The van der Waals surface area contributed by atoms with Crippen LogP contribution in [0.3, 0.4) is 0 Å². The highest BCUT2D eigenvalue weighted by atomic mass is 35.5. The lowest BCUT2D eigenvalue weighted by Crippen LogP contribution is -2.36. The van der Waals surface area contributed by atoms with Crippen molar-refractivity contribution in [3.05, 3.63) is 58.9 Å². The van der Waals surface area contributed by atoms with E-state index in [2.05, 4.69) is 4.99 Å². The molecule has 4 nitrogen and oxygen atoms in total. The van der Waals surface area contributed by atoms with E-state index < -0.39 is 5.82 Å². The summed E-state index contributed by atoms with van der Waals surface area (Å²) in [5.74, 6) is -0.319. The lowest BCUT2D eigenvalue weighted by molar-refractivity contribution is 0.467. The van der Waals surface area contributed by atoms with Gasteiger partial charge in [0.2, 0.25) is 0 Å². The summed E-state index contributed by atoms with van der Waals surface area (Å²) in [6.45, 7) is 0.375. The number of guanidine groups is 1. The molecule has 108 valence electrons. The van der Waals surface area contributed by atoms with Gasteiger partial charge >= 0.3 is 0 Å². The maximum absolute atomic E-state index is 13.5. The number of halogens is 2. The van der Waals surface area contributed by atoms with Gasteiger partial charge in [-0.1, -0.05) is 23.7 Å². The summed E-state index contributed by atoms with van der Waals surface area (Å²) < 4.78 is 13.5. The van der Waals surface area contributed by atoms with Crippen LogP contribution in [0, 0.1) is 5.82 Å². The molecule has 0 fully saturated rings. The minimum atomic E-state index is -0.505. The Morgan fingerprint density at radius 1 is 1.29 bits per heavy atom. The van der Waals surface area contributed by atoms with Crippen LogP contribution in [0.25, 0.3) is 0 Å². The lowest BCUT2D eigenvalue weighted by Gasteiger charge is -2.27. The molecule has 1 unspecified atom stereocenters. The van der Waals surface area contributed by atoms with Crippen molar-refractivity contribution in [3.8, 4) is 5.75 Å². The van der Waals surface area contributed by atoms with Crippen molar-refractivity contribution in [1.29, 1.82) is 0 Å². The summed E-state index contributed by atoms with van der Waals surface area (Å²) in [5.41, 5.74) is 7.24. The van der Waals surface area contributed by atoms with Crippen LogP contribution < -0.4 is 10.6 Å². The van der Waals surface area contributed by atoms with Gasteiger partial charge in [0.15, 0.2) is 5.96 Å². The highest BCUT2D eigenvalue weighted by Gasteiger charge is 2.30. The van der Waals surface area contributed by atoms with E-state index in [1.165, 1.54) is 12.1 Å². The molecule has 0 amide bonds. The van der Waals surface area contributed by atoms with Crippen LogP contribution in [-0.4, -0.2) is 17.6 Å². The standard InChI is InChI=1S/C15H13ClFN3O/c16-12-3-1-2-4-13(12)20-14(8-19-15(20)18)9-5-10(17)7-11(21)6-9/h1-7,14,21H,8H2,(H2,18,19). The number of hydrogen-bond donors (Lipinski definition) is 2. The summed E-state index contributed by atoms with van der Waals surface area (Å²) in [4.78, 5) is 5.96. The van der Waals surface area contributed by atoms with Crippen molar-refractivity contribution in [1.82, 2.24) is 0 Å². The maximum Gasteiger partial charge on any atom is 0.196 e. The third kappa shape index (κ3) is 2.52. The Bertz CT molecular complexity index is 700. The quantitative estimate of drug-likeness (QED) is 0.896. The molecular weight excluding hydrogens is 293 g/mol. The van der Waals surface area contributed by atoms with Crippen LogP contribution in [0.4, 0.5) is 10.1 Å². The van der Waals surface area contributed by atoms with Gasteiger partial charge in [-0.25, -0.2) is 4.39 Å². The Kier molecular flexibility index (Phi) is 3.43. The molecule has 0 aromatic heterocycles. The Morgan fingerprint density at radius 3 is 2.76 bits per heavy atom. The molecular formula is C15H13ClFN3O. The number of aromatic hydroxyl groups is 1. The molecule has 2 aromatic carbocycles. The largest absolute Gasteiger partial charge is 0.508 e. The average molecular weight is 306 g/mol. The SMILES string of the molecule is NC1=NCC(c2cc(O)cc(F)c2)N1c1ccccc1Cl. The zero-order valence-electron chi connectivity index (χ0n) is 11.0. The molecule has 1 atom stereocenters. The summed E-state index contributed by atoms with van der Waals surface area (Å²) in [6.07, 6.45) is 0. The van der Waals surface area contributed by atoms with Gasteiger partial charge in [0.05, 0.1) is 23.3 Å². The lowest BCUT2D eigenvalue weighted by atomic mass is 10.0. The molecule has 0 aliphatic carbocycles. The van der Waals surface area contributed by atoms with Crippen molar-refractivity contribution in [3.63, 3.8) is 0 Å². The first-order chi connectivity index (χ1) is 10.1. The zero-order valence-corrected chi connectivity index (χ0v) is 11.8. The number of para-hydroxylation sites is 1. The van der Waals surface area contributed by atoms with Crippen LogP contribution >= 0.6 is 11.6 Å². The fourth-order valence-corrected chi connectivity index (χ4v) is 2.71. The number of anilines is 1. The Hall–Kier alpha value is -2.27. The topological polar surface area (TPSA) is 61.9 Å². The maximum atomic E-state index is 13.5. The van der Waals surface area contributed by atoms with Crippen LogP contribution in [0.2, 0.25) is 5.02 Å². The molecule has 1 aliphatic rings. The van der Waals surface area contributed by atoms with Crippen molar-refractivity contribution in [2.75, 3.05) is 11.4 Å². The number of phenols is 1. The van der Waals surface area contributed by atoms with Gasteiger partial charge in [-0.2, -0.15) is 0 Å². The predicted molar refractivity (Wildman–Crippen MR) is 81.2 cm³/mol. The smallest absolute Gasteiger partial charge is 0.196 e. The molecule has 3 rings (SSSR count). The second-order valence-electron chi connectivity index (χ2n) is 4.78. The molecule has 0 spiro atoms. The second kappa shape index (κ2) is 5.26. The molecule has 2 aromatic rings. The first-order valence-electron chi connectivity index (χ1n) is 6.39. The number of hydrogen-bond acceptors (Lipinski definition) is 4. The van der Waals surface area contributed by atoms with Gasteiger partial charge in [-0.3, -0.25) is 4.99 Å². The average Bonchev–Trinajstić information content (AvgIpc) is 2.80. The van der Waals surface area contributed by atoms with Crippen molar-refractivity contribution in [2.24, 2.45) is 10.7 Å². The Labute approximate surface area is 126 Å². The number of nitrogens with zero attached hydrogens (tertiary/aromatic N) is 2. The van der Waals surface area contributed by atoms with Gasteiger partial charge in [-0.05, 0) is 29.8 Å². The zero-order chi connectivity index (χ0) is 15.0. The fourth-order valence-electron chi connectivity index (χ4n) is 2.48. The summed E-state index contributed by atoms with van der Waals surface area (Å²) in [7, 11) is 0. The van der Waals surface area contributed by atoms with Crippen LogP contribution in [0.15, 0.2) is 47.5 Å². The van der Waals surface area contributed by atoms with Gasteiger partial charge in [0.1, 0.15) is 11.6 Å². The highest BCUT2D eigenvalue weighted by molar-refractivity contribution is 6.33. The molecule has 1 aliphatic heterocycles. The number of nitrogens with two attached hydrogens (primary N) is 1. The summed E-state index contributed by atoms with van der Waals surface area (Å²) in [6, 6.07) is 10.9. The van der Waals surface area contributed by atoms with E-state index >= 15 is 0 Å². The third-order valence-electron chi connectivity index (χ3n) is 3.39. The van der Waals surface area contributed by atoms with Crippen LogP contribution in [-0.2, 0) is 0 Å². The van der Waals surface area contributed by atoms with Gasteiger partial charge in [0.25, 0.3) is 0 Å². The third-order valence-corrected chi connectivity index (χ3v) is 3.71. The molecule has 0 radical (unpaired) electrons. The second-order valence-corrected chi connectivity index (χ2v) is 5.19. The van der Waals surface area contributed by atoms with E-state index in [1.807, 2.05) is 18.2 Å². The Balaban J connectivity index is 2.05. The van der Waals surface area contributed by atoms with Gasteiger partial charge in [0, 0.05) is 6.07 Å². The van der Waals surface area contributed by atoms with E-state index in [-0.39, 0.29) is 11.8 Å². The van der Waals surface area contributed by atoms with E-state index in [0.29, 0.717) is 28.8 Å².